The first-order valence-corrected chi connectivity index (χ1v) is 8.67. The van der Waals surface area contributed by atoms with Crippen molar-refractivity contribution in [2.24, 2.45) is 5.18 Å². The Labute approximate surface area is 120 Å². The Morgan fingerprint density at radius 3 is 1.53 bits per heavy atom. The molecule has 0 amide bonds. The lowest BCUT2D eigenvalue weighted by Gasteiger charge is -2.07. The molecule has 114 valence electrons. The molecule has 1 atom stereocenters. The normalized spacial score (nSPS) is 12.5. The van der Waals surface area contributed by atoms with Crippen LogP contribution in [-0.2, 0) is 0 Å². The predicted octanol–water partition coefficient (Wildman–Crippen LogP) is 6.62. The van der Waals surface area contributed by atoms with Crippen LogP contribution in [0, 0.1) is 4.91 Å². The molecule has 0 aliphatic carbocycles. The zero-order chi connectivity index (χ0) is 14.2. The smallest absolute Gasteiger partial charge is 0.0919 e. The van der Waals surface area contributed by atoms with E-state index in [0.29, 0.717) is 0 Å². The van der Waals surface area contributed by atoms with Crippen molar-refractivity contribution in [2.75, 3.05) is 0 Å². The van der Waals surface area contributed by atoms with E-state index < -0.39 is 0 Å². The van der Waals surface area contributed by atoms with Gasteiger partial charge in [0.1, 0.15) is 0 Å². The van der Waals surface area contributed by atoms with E-state index in [1.807, 2.05) is 0 Å². The molecule has 2 nitrogen and oxygen atoms in total. The molecule has 19 heavy (non-hydrogen) atoms. The maximum atomic E-state index is 10.6. The van der Waals surface area contributed by atoms with Crippen LogP contribution in [0.5, 0.6) is 0 Å². The lowest BCUT2D eigenvalue weighted by molar-refractivity contribution is 0.501. The number of rotatable bonds is 15. The maximum absolute atomic E-state index is 10.6. The van der Waals surface area contributed by atoms with Crippen molar-refractivity contribution in [1.82, 2.24) is 0 Å². The van der Waals surface area contributed by atoms with E-state index in [4.69, 9.17) is 0 Å². The Bertz CT molecular complexity index is 182. The SMILES string of the molecule is CCCCCCCCCCCCCC(CCC)N=O. The molecule has 0 aromatic rings. The molecule has 0 aromatic carbocycles. The largest absolute Gasteiger partial charge is 0.151 e. The van der Waals surface area contributed by atoms with Gasteiger partial charge in [-0.2, -0.15) is 4.91 Å². The molecule has 1 unspecified atom stereocenters. The molecule has 0 spiro atoms. The fraction of sp³-hybridized carbons (Fsp3) is 1.00. The summed E-state index contributed by atoms with van der Waals surface area (Å²) in [5.41, 5.74) is 0. The molecular formula is C17H35NO. The van der Waals surface area contributed by atoms with Crippen LogP contribution < -0.4 is 0 Å². The monoisotopic (exact) mass is 269 g/mol. The lowest BCUT2D eigenvalue weighted by Crippen LogP contribution is -2.02. The Kier molecular flexibility index (Phi) is 15.3. The highest BCUT2D eigenvalue weighted by Crippen LogP contribution is 2.14. The van der Waals surface area contributed by atoms with Crippen molar-refractivity contribution in [3.63, 3.8) is 0 Å². The molecule has 0 aliphatic heterocycles. The second-order valence-electron chi connectivity index (χ2n) is 5.87. The van der Waals surface area contributed by atoms with Crippen molar-refractivity contribution >= 4 is 0 Å². The van der Waals surface area contributed by atoms with Gasteiger partial charge < -0.3 is 0 Å². The van der Waals surface area contributed by atoms with Crippen molar-refractivity contribution in [1.29, 1.82) is 0 Å². The van der Waals surface area contributed by atoms with Crippen LogP contribution in [0.4, 0.5) is 0 Å². The van der Waals surface area contributed by atoms with E-state index in [-0.39, 0.29) is 6.04 Å². The second kappa shape index (κ2) is 15.7. The zero-order valence-electron chi connectivity index (χ0n) is 13.3. The minimum Gasteiger partial charge on any atom is -0.151 e. The molecule has 0 rings (SSSR count). The molecular weight excluding hydrogens is 234 g/mol. The molecule has 2 heteroatoms. The summed E-state index contributed by atoms with van der Waals surface area (Å²) >= 11 is 0. The van der Waals surface area contributed by atoms with E-state index in [9.17, 15) is 4.91 Å². The number of nitrogens with zero attached hydrogens (tertiary/aromatic N) is 1. The maximum Gasteiger partial charge on any atom is 0.0919 e. The Hall–Kier alpha value is -0.400. The number of unbranched alkanes of at least 4 members (excludes halogenated alkanes) is 10. The van der Waals surface area contributed by atoms with Crippen LogP contribution >= 0.6 is 0 Å². The van der Waals surface area contributed by atoms with Crippen molar-refractivity contribution in [3.05, 3.63) is 4.91 Å². The zero-order valence-corrected chi connectivity index (χ0v) is 13.3. The van der Waals surface area contributed by atoms with Gasteiger partial charge >= 0.3 is 0 Å². The van der Waals surface area contributed by atoms with E-state index in [0.717, 1.165) is 19.3 Å². The van der Waals surface area contributed by atoms with Gasteiger partial charge in [0.05, 0.1) is 6.04 Å². The molecule has 0 aliphatic rings. The average molecular weight is 269 g/mol. The summed E-state index contributed by atoms with van der Waals surface area (Å²) < 4.78 is 0. The highest BCUT2D eigenvalue weighted by atomic mass is 16.3. The topological polar surface area (TPSA) is 29.4 Å². The van der Waals surface area contributed by atoms with E-state index in [1.165, 1.54) is 70.6 Å². The van der Waals surface area contributed by atoms with Gasteiger partial charge in [-0.1, -0.05) is 96.1 Å². The molecule has 0 bridgehead atoms. The minimum atomic E-state index is 0.0866. The molecule has 0 heterocycles. The van der Waals surface area contributed by atoms with Crippen LogP contribution in [0.15, 0.2) is 5.18 Å². The van der Waals surface area contributed by atoms with Gasteiger partial charge in [0.2, 0.25) is 0 Å². The van der Waals surface area contributed by atoms with Gasteiger partial charge in [0.25, 0.3) is 0 Å². The second-order valence-corrected chi connectivity index (χ2v) is 5.87. The van der Waals surface area contributed by atoms with E-state index >= 15 is 0 Å². The van der Waals surface area contributed by atoms with Gasteiger partial charge in [-0.3, -0.25) is 0 Å². The Balaban J connectivity index is 3.11. The molecule has 0 fully saturated rings. The summed E-state index contributed by atoms with van der Waals surface area (Å²) in [4.78, 5) is 10.6. The van der Waals surface area contributed by atoms with E-state index in [1.54, 1.807) is 0 Å². The standard InChI is InChI=1S/C17H35NO/c1-3-5-6-7-8-9-10-11-12-13-14-16-17(18-19)15-4-2/h17H,3-16H2,1-2H3. The van der Waals surface area contributed by atoms with Gasteiger partial charge in [-0.05, 0) is 12.8 Å². The van der Waals surface area contributed by atoms with Crippen LogP contribution in [0.2, 0.25) is 0 Å². The average Bonchev–Trinajstić information content (AvgIpc) is 2.43. The molecule has 0 saturated heterocycles. The van der Waals surface area contributed by atoms with Gasteiger partial charge in [-0.15, -0.1) is 0 Å². The third-order valence-corrected chi connectivity index (χ3v) is 3.91. The quantitative estimate of drug-likeness (QED) is 0.242. The molecule has 0 radical (unpaired) electrons. The summed E-state index contributed by atoms with van der Waals surface area (Å²) in [6.07, 6.45) is 18.1. The number of hydrogen-bond acceptors (Lipinski definition) is 2. The van der Waals surface area contributed by atoms with Crippen LogP contribution in [0.1, 0.15) is 104 Å². The van der Waals surface area contributed by atoms with Crippen molar-refractivity contribution in [2.45, 2.75) is 110 Å². The predicted molar refractivity (Wildman–Crippen MR) is 85.6 cm³/mol. The highest BCUT2D eigenvalue weighted by Gasteiger charge is 2.06. The summed E-state index contributed by atoms with van der Waals surface area (Å²) in [5.74, 6) is 0. The van der Waals surface area contributed by atoms with E-state index in [2.05, 4.69) is 19.0 Å². The van der Waals surface area contributed by atoms with Crippen molar-refractivity contribution < 1.29 is 0 Å². The summed E-state index contributed by atoms with van der Waals surface area (Å²) in [7, 11) is 0. The van der Waals surface area contributed by atoms with Crippen LogP contribution in [-0.4, -0.2) is 6.04 Å². The first kappa shape index (κ1) is 18.6. The van der Waals surface area contributed by atoms with Crippen molar-refractivity contribution in [3.8, 4) is 0 Å². The fourth-order valence-corrected chi connectivity index (χ4v) is 2.63. The minimum absolute atomic E-state index is 0.0866. The number of hydrogen-bond donors (Lipinski definition) is 0. The Morgan fingerprint density at radius 2 is 1.11 bits per heavy atom. The third-order valence-electron chi connectivity index (χ3n) is 3.91. The summed E-state index contributed by atoms with van der Waals surface area (Å²) in [6, 6.07) is 0.0866. The fourth-order valence-electron chi connectivity index (χ4n) is 2.63. The third kappa shape index (κ3) is 13.8. The lowest BCUT2D eigenvalue weighted by atomic mass is 10.0. The number of nitroso groups, excluding NO2 is 1. The molecule has 0 aromatic heterocycles. The van der Waals surface area contributed by atoms with Gasteiger partial charge in [0.15, 0.2) is 0 Å². The highest BCUT2D eigenvalue weighted by molar-refractivity contribution is 4.64. The Morgan fingerprint density at radius 1 is 0.632 bits per heavy atom. The molecule has 0 N–H and O–H groups in total. The van der Waals surface area contributed by atoms with Gasteiger partial charge in [-0.25, -0.2) is 0 Å². The first-order chi connectivity index (χ1) is 9.35. The van der Waals surface area contributed by atoms with Crippen LogP contribution in [0.25, 0.3) is 0 Å². The van der Waals surface area contributed by atoms with Gasteiger partial charge in [0, 0.05) is 0 Å². The molecule has 0 saturated carbocycles. The summed E-state index contributed by atoms with van der Waals surface area (Å²) in [5, 5.41) is 3.21. The van der Waals surface area contributed by atoms with Crippen LogP contribution in [0.3, 0.4) is 0 Å². The summed E-state index contributed by atoms with van der Waals surface area (Å²) in [6.45, 7) is 4.39. The first-order valence-electron chi connectivity index (χ1n) is 8.67.